The van der Waals surface area contributed by atoms with E-state index < -0.39 is 0 Å². The summed E-state index contributed by atoms with van der Waals surface area (Å²) in [4.78, 5) is 3.98. The van der Waals surface area contributed by atoms with Gasteiger partial charge in [0.1, 0.15) is 0 Å². The number of anilines is 2. The first kappa shape index (κ1) is 10.2. The molecule has 1 unspecified atom stereocenters. The molecule has 13 heavy (non-hydrogen) atoms. The van der Waals surface area contributed by atoms with Crippen molar-refractivity contribution in [1.29, 1.82) is 0 Å². The van der Waals surface area contributed by atoms with Crippen LogP contribution in [0.4, 0.5) is 11.1 Å². The molecule has 1 heterocycles. The van der Waals surface area contributed by atoms with Gasteiger partial charge in [-0.3, -0.25) is 0 Å². The lowest BCUT2D eigenvalue weighted by molar-refractivity contribution is 0.141. The standard InChI is InChI=1S/C7H14N4OS/c1-3-12-4-5(2)9-7-10-6(8)11-13-7/h5H,3-4H2,1-2H3,(H3,8,9,10,11). The van der Waals surface area contributed by atoms with Crippen molar-refractivity contribution in [2.75, 3.05) is 24.3 Å². The molecule has 0 spiro atoms. The summed E-state index contributed by atoms with van der Waals surface area (Å²) in [5.41, 5.74) is 5.37. The van der Waals surface area contributed by atoms with Crippen LogP contribution in [-0.4, -0.2) is 28.6 Å². The molecular formula is C7H14N4OS. The van der Waals surface area contributed by atoms with E-state index in [1.165, 1.54) is 11.5 Å². The van der Waals surface area contributed by atoms with Crippen molar-refractivity contribution in [2.45, 2.75) is 19.9 Å². The fourth-order valence-electron chi connectivity index (χ4n) is 0.841. The lowest BCUT2D eigenvalue weighted by Crippen LogP contribution is -2.21. The Balaban J connectivity index is 2.31. The predicted molar refractivity (Wildman–Crippen MR) is 53.9 cm³/mol. The van der Waals surface area contributed by atoms with Crippen LogP contribution in [0.3, 0.4) is 0 Å². The summed E-state index contributed by atoms with van der Waals surface area (Å²) in [5, 5.41) is 3.88. The summed E-state index contributed by atoms with van der Waals surface area (Å²) in [6.07, 6.45) is 0. The van der Waals surface area contributed by atoms with Crippen LogP contribution in [0.25, 0.3) is 0 Å². The molecular weight excluding hydrogens is 188 g/mol. The number of nitrogens with one attached hydrogen (secondary N) is 1. The van der Waals surface area contributed by atoms with Crippen molar-refractivity contribution in [3.05, 3.63) is 0 Å². The number of hydrogen-bond acceptors (Lipinski definition) is 6. The minimum Gasteiger partial charge on any atom is -0.380 e. The molecule has 0 saturated heterocycles. The van der Waals surface area contributed by atoms with Gasteiger partial charge in [-0.1, -0.05) is 0 Å². The molecule has 5 nitrogen and oxygen atoms in total. The van der Waals surface area contributed by atoms with Crippen LogP contribution in [0.15, 0.2) is 0 Å². The second kappa shape index (κ2) is 4.98. The van der Waals surface area contributed by atoms with Gasteiger partial charge >= 0.3 is 0 Å². The highest BCUT2D eigenvalue weighted by Crippen LogP contribution is 2.12. The number of nitrogens with zero attached hydrogens (tertiary/aromatic N) is 2. The van der Waals surface area contributed by atoms with Crippen molar-refractivity contribution < 1.29 is 4.74 Å². The molecule has 0 aliphatic heterocycles. The second-order valence-corrected chi connectivity index (χ2v) is 3.41. The summed E-state index contributed by atoms with van der Waals surface area (Å²) in [6, 6.07) is 0.229. The van der Waals surface area contributed by atoms with Gasteiger partial charge in [-0.25, -0.2) is 0 Å². The van der Waals surface area contributed by atoms with Gasteiger partial charge in [0.2, 0.25) is 11.1 Å². The first-order chi connectivity index (χ1) is 6.22. The van der Waals surface area contributed by atoms with Crippen LogP contribution in [0.2, 0.25) is 0 Å². The van der Waals surface area contributed by atoms with Gasteiger partial charge in [0.15, 0.2) is 0 Å². The van der Waals surface area contributed by atoms with Crippen LogP contribution >= 0.6 is 11.5 Å². The molecule has 0 amide bonds. The summed E-state index contributed by atoms with van der Waals surface area (Å²) >= 11 is 1.26. The highest BCUT2D eigenvalue weighted by molar-refractivity contribution is 7.09. The van der Waals surface area contributed by atoms with Crippen molar-refractivity contribution >= 4 is 22.6 Å². The molecule has 0 radical (unpaired) electrons. The molecule has 0 aliphatic carbocycles. The molecule has 1 aromatic heterocycles. The van der Waals surface area contributed by atoms with Gasteiger partial charge in [-0.15, -0.1) is 0 Å². The highest BCUT2D eigenvalue weighted by atomic mass is 32.1. The molecule has 0 bridgehead atoms. The Kier molecular flexibility index (Phi) is 3.91. The van der Waals surface area contributed by atoms with Crippen molar-refractivity contribution in [1.82, 2.24) is 9.36 Å². The first-order valence-electron chi connectivity index (χ1n) is 4.15. The normalized spacial score (nSPS) is 12.8. The minimum atomic E-state index is 0.229. The number of aromatic nitrogens is 2. The lowest BCUT2D eigenvalue weighted by Gasteiger charge is -2.11. The average Bonchev–Trinajstić information content (AvgIpc) is 2.48. The lowest BCUT2D eigenvalue weighted by atomic mass is 10.4. The first-order valence-corrected chi connectivity index (χ1v) is 4.93. The molecule has 1 rings (SSSR count). The largest absolute Gasteiger partial charge is 0.380 e. The van der Waals surface area contributed by atoms with Crippen LogP contribution in [-0.2, 0) is 4.74 Å². The third-order valence-corrected chi connectivity index (χ3v) is 2.04. The highest BCUT2D eigenvalue weighted by Gasteiger charge is 2.05. The molecule has 6 heteroatoms. The van der Waals surface area contributed by atoms with Gasteiger partial charge in [0, 0.05) is 24.2 Å². The summed E-state index contributed by atoms with van der Waals surface area (Å²) in [7, 11) is 0. The van der Waals surface area contributed by atoms with Crippen molar-refractivity contribution in [3.8, 4) is 0 Å². The van der Waals surface area contributed by atoms with E-state index in [2.05, 4.69) is 14.7 Å². The second-order valence-electron chi connectivity index (χ2n) is 2.66. The number of hydrogen-bond donors (Lipinski definition) is 2. The summed E-state index contributed by atoms with van der Waals surface area (Å²) in [5.74, 6) is 0.316. The Labute approximate surface area is 81.5 Å². The smallest absolute Gasteiger partial charge is 0.233 e. The zero-order chi connectivity index (χ0) is 9.68. The molecule has 1 atom stereocenters. The van der Waals surface area contributed by atoms with E-state index in [0.29, 0.717) is 12.6 Å². The quantitative estimate of drug-likeness (QED) is 0.744. The maximum atomic E-state index is 5.37. The number of ether oxygens (including phenoxy) is 1. The number of nitrogens with two attached hydrogens (primary N) is 1. The molecule has 0 aromatic carbocycles. The van der Waals surface area contributed by atoms with Crippen molar-refractivity contribution in [2.24, 2.45) is 0 Å². The monoisotopic (exact) mass is 202 g/mol. The van der Waals surface area contributed by atoms with E-state index >= 15 is 0 Å². The SMILES string of the molecule is CCOCC(C)Nc1nc(N)ns1. The Morgan fingerprint density at radius 2 is 2.46 bits per heavy atom. The van der Waals surface area contributed by atoms with Crippen molar-refractivity contribution in [3.63, 3.8) is 0 Å². The topological polar surface area (TPSA) is 73.1 Å². The zero-order valence-electron chi connectivity index (χ0n) is 7.78. The Bertz CT molecular complexity index is 252. The van der Waals surface area contributed by atoms with Crippen LogP contribution in [0.5, 0.6) is 0 Å². The van der Waals surface area contributed by atoms with Gasteiger partial charge in [-0.05, 0) is 13.8 Å². The van der Waals surface area contributed by atoms with Gasteiger partial charge < -0.3 is 15.8 Å². The Morgan fingerprint density at radius 3 is 3.00 bits per heavy atom. The molecule has 74 valence electrons. The number of nitrogen functional groups attached to an aromatic ring is 1. The van der Waals surface area contributed by atoms with E-state index in [0.717, 1.165) is 11.7 Å². The molecule has 1 aromatic rings. The van der Waals surface area contributed by atoms with E-state index in [1.807, 2.05) is 13.8 Å². The molecule has 0 aliphatic rings. The predicted octanol–water partition coefficient (Wildman–Crippen LogP) is 0.957. The van der Waals surface area contributed by atoms with Crippen LogP contribution < -0.4 is 11.1 Å². The maximum Gasteiger partial charge on any atom is 0.233 e. The fraction of sp³-hybridized carbons (Fsp3) is 0.714. The van der Waals surface area contributed by atoms with E-state index in [9.17, 15) is 0 Å². The van der Waals surface area contributed by atoms with E-state index in [-0.39, 0.29) is 6.04 Å². The van der Waals surface area contributed by atoms with E-state index in [4.69, 9.17) is 10.5 Å². The average molecular weight is 202 g/mol. The third kappa shape index (κ3) is 3.56. The number of rotatable bonds is 5. The van der Waals surface area contributed by atoms with Crippen LogP contribution in [0, 0.1) is 0 Å². The molecule has 0 fully saturated rings. The maximum absolute atomic E-state index is 5.37. The van der Waals surface area contributed by atoms with Gasteiger partial charge in [-0.2, -0.15) is 9.36 Å². The zero-order valence-corrected chi connectivity index (χ0v) is 8.60. The van der Waals surface area contributed by atoms with Crippen LogP contribution in [0.1, 0.15) is 13.8 Å². The minimum absolute atomic E-state index is 0.229. The fourth-order valence-corrected chi connectivity index (χ4v) is 1.45. The van der Waals surface area contributed by atoms with E-state index in [1.54, 1.807) is 0 Å². The van der Waals surface area contributed by atoms with Gasteiger partial charge in [0.25, 0.3) is 0 Å². The summed E-state index contributed by atoms with van der Waals surface area (Å²) < 4.78 is 9.09. The summed E-state index contributed by atoms with van der Waals surface area (Å²) in [6.45, 7) is 5.38. The van der Waals surface area contributed by atoms with Gasteiger partial charge in [0.05, 0.1) is 6.61 Å². The third-order valence-electron chi connectivity index (χ3n) is 1.38. The Hall–Kier alpha value is -0.880. The molecule has 3 N–H and O–H groups in total. The molecule has 0 saturated carbocycles. The Morgan fingerprint density at radius 1 is 1.69 bits per heavy atom.